The Morgan fingerprint density at radius 1 is 1.08 bits per heavy atom. The molecule has 0 unspecified atom stereocenters. The molecule has 0 spiro atoms. The molecule has 0 bridgehead atoms. The monoisotopic (exact) mass is 323 g/mol. The number of amides is 1. The molecule has 0 atom stereocenters. The summed E-state index contributed by atoms with van der Waals surface area (Å²) in [6.07, 6.45) is 0.538. The van der Waals surface area contributed by atoms with E-state index >= 15 is 0 Å². The lowest BCUT2D eigenvalue weighted by atomic mass is 9.98. The van der Waals surface area contributed by atoms with Gasteiger partial charge in [-0.1, -0.05) is 54.6 Å². The Balaban J connectivity index is 1.76. The number of aliphatic carboxylic acids is 1. The van der Waals surface area contributed by atoms with Gasteiger partial charge in [0.1, 0.15) is 12.3 Å². The van der Waals surface area contributed by atoms with Crippen molar-refractivity contribution in [3.63, 3.8) is 0 Å². The summed E-state index contributed by atoms with van der Waals surface area (Å²) in [5, 5.41) is 11.2. The van der Waals surface area contributed by atoms with Gasteiger partial charge in [-0.05, 0) is 29.2 Å². The van der Waals surface area contributed by atoms with E-state index in [2.05, 4.69) is 17.4 Å². The zero-order chi connectivity index (χ0) is 17.1. The standard InChI is InChI=1S/C19H17NO4/c1-2-17(18(21)22)20-19(23)24-11-16-14-9-5-3-7-12(14)13-8-4-6-10-15(13)16/h2-10,16H,11H2,1H3,(H,20,23)(H,21,22)/b17-2+. The minimum Gasteiger partial charge on any atom is -0.477 e. The van der Waals surface area contributed by atoms with Gasteiger partial charge < -0.3 is 9.84 Å². The minimum atomic E-state index is -1.20. The van der Waals surface area contributed by atoms with Crippen LogP contribution in [0.3, 0.4) is 0 Å². The highest BCUT2D eigenvalue weighted by molar-refractivity contribution is 5.90. The van der Waals surface area contributed by atoms with E-state index in [9.17, 15) is 9.59 Å². The molecular weight excluding hydrogens is 306 g/mol. The predicted octanol–water partition coefficient (Wildman–Crippen LogP) is 3.51. The fraction of sp³-hybridized carbons (Fsp3) is 0.158. The predicted molar refractivity (Wildman–Crippen MR) is 89.6 cm³/mol. The lowest BCUT2D eigenvalue weighted by Gasteiger charge is -2.14. The van der Waals surface area contributed by atoms with Gasteiger partial charge in [-0.3, -0.25) is 5.32 Å². The zero-order valence-electron chi connectivity index (χ0n) is 13.2. The van der Waals surface area contributed by atoms with E-state index < -0.39 is 12.1 Å². The van der Waals surface area contributed by atoms with Gasteiger partial charge >= 0.3 is 12.1 Å². The maximum absolute atomic E-state index is 11.9. The van der Waals surface area contributed by atoms with Crippen LogP contribution < -0.4 is 5.32 Å². The summed E-state index contributed by atoms with van der Waals surface area (Å²) in [4.78, 5) is 22.8. The summed E-state index contributed by atoms with van der Waals surface area (Å²) in [7, 11) is 0. The average molecular weight is 323 g/mol. The van der Waals surface area contributed by atoms with Gasteiger partial charge in [-0.2, -0.15) is 0 Å². The molecule has 122 valence electrons. The first-order valence-corrected chi connectivity index (χ1v) is 7.63. The van der Waals surface area contributed by atoms with Gasteiger partial charge in [-0.25, -0.2) is 9.59 Å². The Morgan fingerprint density at radius 2 is 1.62 bits per heavy atom. The summed E-state index contributed by atoms with van der Waals surface area (Å²) in [6.45, 7) is 1.68. The number of benzene rings is 2. The second-order valence-corrected chi connectivity index (χ2v) is 5.46. The van der Waals surface area contributed by atoms with E-state index in [0.29, 0.717) is 0 Å². The molecule has 5 nitrogen and oxygen atoms in total. The molecule has 0 aromatic heterocycles. The Hall–Kier alpha value is -3.08. The van der Waals surface area contributed by atoms with E-state index in [4.69, 9.17) is 9.84 Å². The smallest absolute Gasteiger partial charge is 0.411 e. The SMILES string of the molecule is C/C=C(/NC(=O)OCC1c2ccccc2-c2ccccc21)C(=O)O. The number of fused-ring (bicyclic) bond motifs is 3. The molecule has 0 saturated carbocycles. The normalized spacial score (nSPS) is 13.1. The number of ether oxygens (including phenoxy) is 1. The second kappa shape index (κ2) is 6.58. The van der Waals surface area contributed by atoms with E-state index in [1.165, 1.54) is 13.0 Å². The van der Waals surface area contributed by atoms with Crippen LogP contribution in [0.2, 0.25) is 0 Å². The van der Waals surface area contributed by atoms with Crippen molar-refractivity contribution >= 4 is 12.1 Å². The van der Waals surface area contributed by atoms with Crippen LogP contribution in [0.4, 0.5) is 4.79 Å². The van der Waals surface area contributed by atoms with Crippen LogP contribution in [0.25, 0.3) is 11.1 Å². The third-order valence-electron chi connectivity index (χ3n) is 4.10. The molecule has 1 amide bonds. The summed E-state index contributed by atoms with van der Waals surface area (Å²) in [5.41, 5.74) is 4.29. The molecule has 2 aromatic carbocycles. The number of rotatable bonds is 4. The first-order valence-electron chi connectivity index (χ1n) is 7.63. The number of alkyl carbamates (subject to hydrolysis) is 1. The third kappa shape index (κ3) is 2.88. The van der Waals surface area contributed by atoms with Crippen LogP contribution in [0.1, 0.15) is 24.0 Å². The second-order valence-electron chi connectivity index (χ2n) is 5.46. The van der Waals surface area contributed by atoms with Crippen LogP contribution >= 0.6 is 0 Å². The summed E-state index contributed by atoms with van der Waals surface area (Å²) in [6, 6.07) is 16.0. The van der Waals surface area contributed by atoms with Gasteiger partial charge in [0.05, 0.1) is 0 Å². The molecule has 0 aliphatic heterocycles. The van der Waals surface area contributed by atoms with Crippen LogP contribution in [0.15, 0.2) is 60.3 Å². The van der Waals surface area contributed by atoms with Crippen LogP contribution in [0, 0.1) is 0 Å². The van der Waals surface area contributed by atoms with Gasteiger partial charge in [0, 0.05) is 5.92 Å². The molecule has 0 heterocycles. The van der Waals surface area contributed by atoms with Crippen molar-refractivity contribution in [3.05, 3.63) is 71.4 Å². The molecule has 3 rings (SSSR count). The van der Waals surface area contributed by atoms with Crippen molar-refractivity contribution in [1.82, 2.24) is 5.32 Å². The molecule has 2 aromatic rings. The number of carboxylic acid groups (broad SMARTS) is 1. The van der Waals surface area contributed by atoms with Crippen molar-refractivity contribution in [3.8, 4) is 11.1 Å². The number of carboxylic acids is 1. The van der Waals surface area contributed by atoms with Gasteiger partial charge in [0.25, 0.3) is 0 Å². The molecule has 24 heavy (non-hydrogen) atoms. The summed E-state index contributed by atoms with van der Waals surface area (Å²) in [5.74, 6) is -1.26. The highest BCUT2D eigenvalue weighted by atomic mass is 16.5. The molecule has 0 saturated heterocycles. The number of carbonyl (C=O) groups excluding carboxylic acids is 1. The first-order chi connectivity index (χ1) is 11.6. The highest BCUT2D eigenvalue weighted by Crippen LogP contribution is 2.44. The molecule has 1 aliphatic carbocycles. The van der Waals surface area contributed by atoms with Crippen molar-refractivity contribution in [2.75, 3.05) is 6.61 Å². The Bertz CT molecular complexity index is 780. The van der Waals surface area contributed by atoms with E-state index in [-0.39, 0.29) is 18.2 Å². The Morgan fingerprint density at radius 3 is 2.12 bits per heavy atom. The maximum Gasteiger partial charge on any atom is 0.411 e. The number of hydrogen-bond acceptors (Lipinski definition) is 3. The molecule has 1 aliphatic rings. The van der Waals surface area contributed by atoms with Crippen molar-refractivity contribution in [1.29, 1.82) is 0 Å². The molecule has 2 N–H and O–H groups in total. The van der Waals surface area contributed by atoms with Crippen LogP contribution in [-0.2, 0) is 9.53 Å². The highest BCUT2D eigenvalue weighted by Gasteiger charge is 2.29. The van der Waals surface area contributed by atoms with Crippen molar-refractivity contribution in [2.45, 2.75) is 12.8 Å². The summed E-state index contributed by atoms with van der Waals surface area (Å²) < 4.78 is 5.27. The van der Waals surface area contributed by atoms with Gasteiger partial charge in [-0.15, -0.1) is 0 Å². The van der Waals surface area contributed by atoms with Crippen molar-refractivity contribution in [2.24, 2.45) is 0 Å². The number of nitrogens with one attached hydrogen (secondary N) is 1. The average Bonchev–Trinajstić information content (AvgIpc) is 2.91. The third-order valence-corrected chi connectivity index (χ3v) is 4.10. The molecule has 5 heteroatoms. The topological polar surface area (TPSA) is 75.6 Å². The minimum absolute atomic E-state index is 0.0537. The van der Waals surface area contributed by atoms with Gasteiger partial charge in [0.2, 0.25) is 0 Å². The Kier molecular flexibility index (Phi) is 4.33. The molecular formula is C19H17NO4. The Labute approximate surface area is 139 Å². The first kappa shape index (κ1) is 15.8. The van der Waals surface area contributed by atoms with Crippen LogP contribution in [0.5, 0.6) is 0 Å². The maximum atomic E-state index is 11.9. The largest absolute Gasteiger partial charge is 0.477 e. The van der Waals surface area contributed by atoms with E-state index in [1.54, 1.807) is 0 Å². The fourth-order valence-electron chi connectivity index (χ4n) is 2.99. The quantitative estimate of drug-likeness (QED) is 0.844. The molecule has 0 radical (unpaired) electrons. The van der Waals surface area contributed by atoms with Crippen LogP contribution in [-0.4, -0.2) is 23.8 Å². The van der Waals surface area contributed by atoms with Gasteiger partial charge in [0.15, 0.2) is 0 Å². The number of carbonyl (C=O) groups is 2. The van der Waals surface area contributed by atoms with Crippen molar-refractivity contribution < 1.29 is 19.4 Å². The lowest BCUT2D eigenvalue weighted by Crippen LogP contribution is -2.29. The fourth-order valence-corrected chi connectivity index (χ4v) is 2.99. The lowest BCUT2D eigenvalue weighted by molar-refractivity contribution is -0.133. The van der Waals surface area contributed by atoms with E-state index in [0.717, 1.165) is 22.3 Å². The molecule has 0 fully saturated rings. The number of allylic oxidation sites excluding steroid dienone is 1. The number of hydrogen-bond donors (Lipinski definition) is 2. The van der Waals surface area contributed by atoms with E-state index in [1.807, 2.05) is 36.4 Å². The zero-order valence-corrected chi connectivity index (χ0v) is 13.2. The summed E-state index contributed by atoms with van der Waals surface area (Å²) >= 11 is 0.